The van der Waals surface area contributed by atoms with Crippen LogP contribution in [-0.4, -0.2) is 10.2 Å². The van der Waals surface area contributed by atoms with Gasteiger partial charge in [0.15, 0.2) is 0 Å². The Labute approximate surface area is 86.8 Å². The monoisotopic (exact) mass is 192 g/mol. The van der Waals surface area contributed by atoms with Gasteiger partial charge in [-0.2, -0.15) is 10.2 Å². The summed E-state index contributed by atoms with van der Waals surface area (Å²) in [6.07, 6.45) is 5.13. The van der Waals surface area contributed by atoms with Crippen molar-refractivity contribution in [3.05, 3.63) is 23.5 Å². The molecule has 2 nitrogen and oxygen atoms in total. The highest BCUT2D eigenvalue weighted by atomic mass is 15.1. The number of nitrogens with zero attached hydrogens (tertiary/aromatic N) is 2. The quantitative estimate of drug-likeness (QED) is 0.667. The Morgan fingerprint density at radius 3 is 2.57 bits per heavy atom. The summed E-state index contributed by atoms with van der Waals surface area (Å²) in [4.78, 5) is 0. The molecule has 1 rings (SSSR count). The second-order valence-electron chi connectivity index (χ2n) is 4.00. The van der Waals surface area contributed by atoms with E-state index in [1.807, 2.05) is 13.0 Å². The summed E-state index contributed by atoms with van der Waals surface area (Å²) in [7, 11) is 0. The second-order valence-corrected chi connectivity index (χ2v) is 4.00. The first-order chi connectivity index (χ1) is 6.74. The zero-order valence-electron chi connectivity index (χ0n) is 9.45. The number of aromatic nitrogens is 2. The van der Waals surface area contributed by atoms with Crippen LogP contribution in [-0.2, 0) is 0 Å². The molecule has 0 aliphatic rings. The van der Waals surface area contributed by atoms with Gasteiger partial charge in [-0.3, -0.25) is 0 Å². The molecule has 1 aromatic rings. The molecule has 0 fully saturated rings. The number of unbranched alkanes of at least 4 members (excludes halogenated alkanes) is 2. The molecule has 1 aromatic heterocycles. The van der Waals surface area contributed by atoms with Crippen LogP contribution >= 0.6 is 0 Å². The zero-order valence-corrected chi connectivity index (χ0v) is 9.45. The lowest BCUT2D eigenvalue weighted by atomic mass is 10.00. The van der Waals surface area contributed by atoms with E-state index in [-0.39, 0.29) is 0 Å². The van der Waals surface area contributed by atoms with Crippen molar-refractivity contribution in [2.24, 2.45) is 0 Å². The Morgan fingerprint density at radius 2 is 2.00 bits per heavy atom. The normalized spacial score (nSPS) is 12.8. The van der Waals surface area contributed by atoms with Crippen molar-refractivity contribution in [1.82, 2.24) is 10.2 Å². The third kappa shape index (κ3) is 3.44. The van der Waals surface area contributed by atoms with Crippen molar-refractivity contribution in [3.63, 3.8) is 0 Å². The maximum absolute atomic E-state index is 4.21. The van der Waals surface area contributed by atoms with Gasteiger partial charge in [-0.15, -0.1) is 0 Å². The summed E-state index contributed by atoms with van der Waals surface area (Å²) < 4.78 is 0. The van der Waals surface area contributed by atoms with Crippen LogP contribution < -0.4 is 0 Å². The molecule has 0 bridgehead atoms. The molecule has 0 saturated heterocycles. The largest absolute Gasteiger partial charge is 0.156 e. The van der Waals surface area contributed by atoms with Gasteiger partial charge in [-0.1, -0.05) is 33.1 Å². The average molecular weight is 192 g/mol. The molecule has 0 aliphatic heterocycles. The van der Waals surface area contributed by atoms with E-state index in [0.29, 0.717) is 5.92 Å². The van der Waals surface area contributed by atoms with Gasteiger partial charge in [0, 0.05) is 5.92 Å². The second kappa shape index (κ2) is 5.74. The maximum Gasteiger partial charge on any atom is 0.0659 e. The summed E-state index contributed by atoms with van der Waals surface area (Å²) in [6.45, 7) is 6.43. The molecule has 0 aliphatic carbocycles. The van der Waals surface area contributed by atoms with Crippen LogP contribution in [0.2, 0.25) is 0 Å². The zero-order chi connectivity index (χ0) is 10.4. The third-order valence-corrected chi connectivity index (χ3v) is 2.56. The summed E-state index contributed by atoms with van der Waals surface area (Å²) in [5.74, 6) is 0.551. The van der Waals surface area contributed by atoms with Crippen molar-refractivity contribution in [2.45, 2.75) is 52.4 Å². The van der Waals surface area contributed by atoms with E-state index in [1.54, 1.807) is 0 Å². The van der Waals surface area contributed by atoms with Gasteiger partial charge in [0.05, 0.1) is 11.4 Å². The molecule has 0 N–H and O–H groups in total. The van der Waals surface area contributed by atoms with E-state index < -0.39 is 0 Å². The van der Waals surface area contributed by atoms with Gasteiger partial charge in [0.2, 0.25) is 0 Å². The fourth-order valence-electron chi connectivity index (χ4n) is 1.52. The van der Waals surface area contributed by atoms with Gasteiger partial charge in [-0.25, -0.2) is 0 Å². The van der Waals surface area contributed by atoms with Gasteiger partial charge in [-0.05, 0) is 25.5 Å². The van der Waals surface area contributed by atoms with Gasteiger partial charge >= 0.3 is 0 Å². The minimum absolute atomic E-state index is 0.551. The number of rotatable bonds is 5. The van der Waals surface area contributed by atoms with E-state index >= 15 is 0 Å². The highest BCUT2D eigenvalue weighted by molar-refractivity contribution is 5.09. The van der Waals surface area contributed by atoms with Crippen molar-refractivity contribution in [1.29, 1.82) is 0 Å². The molecule has 0 spiro atoms. The molecule has 1 heterocycles. The van der Waals surface area contributed by atoms with Crippen LogP contribution in [0.1, 0.15) is 56.8 Å². The van der Waals surface area contributed by atoms with Crippen LogP contribution in [0.3, 0.4) is 0 Å². The first-order valence-electron chi connectivity index (χ1n) is 5.54. The van der Waals surface area contributed by atoms with E-state index in [9.17, 15) is 0 Å². The molecular weight excluding hydrogens is 172 g/mol. The number of hydrogen-bond donors (Lipinski definition) is 0. The van der Waals surface area contributed by atoms with Gasteiger partial charge in [0.1, 0.15) is 0 Å². The first-order valence-corrected chi connectivity index (χ1v) is 5.54. The fraction of sp³-hybridized carbons (Fsp3) is 0.667. The standard InChI is InChI=1S/C12H20N2/c1-4-5-6-7-10(2)12-9-8-11(3)13-14-12/h8-10H,4-7H2,1-3H3. The van der Waals surface area contributed by atoms with Crippen molar-refractivity contribution in [2.75, 3.05) is 0 Å². The molecule has 0 amide bonds. The molecule has 0 saturated carbocycles. The molecule has 0 radical (unpaired) electrons. The highest BCUT2D eigenvalue weighted by Gasteiger charge is 2.06. The summed E-state index contributed by atoms with van der Waals surface area (Å²) in [6, 6.07) is 4.14. The van der Waals surface area contributed by atoms with E-state index in [4.69, 9.17) is 0 Å². The van der Waals surface area contributed by atoms with Gasteiger partial charge in [0.25, 0.3) is 0 Å². The van der Waals surface area contributed by atoms with Crippen LogP contribution in [0.5, 0.6) is 0 Å². The maximum atomic E-state index is 4.21. The molecule has 0 aromatic carbocycles. The molecular formula is C12H20N2. The number of hydrogen-bond acceptors (Lipinski definition) is 2. The lowest BCUT2D eigenvalue weighted by molar-refractivity contribution is 0.581. The summed E-state index contributed by atoms with van der Waals surface area (Å²) >= 11 is 0. The summed E-state index contributed by atoms with van der Waals surface area (Å²) in [5.41, 5.74) is 2.13. The smallest absolute Gasteiger partial charge is 0.0659 e. The Morgan fingerprint density at radius 1 is 1.21 bits per heavy atom. The lowest BCUT2D eigenvalue weighted by Gasteiger charge is -2.09. The first kappa shape index (κ1) is 11.2. The third-order valence-electron chi connectivity index (χ3n) is 2.56. The van der Waals surface area contributed by atoms with Crippen LogP contribution in [0.15, 0.2) is 12.1 Å². The van der Waals surface area contributed by atoms with Crippen molar-refractivity contribution < 1.29 is 0 Å². The molecule has 2 heteroatoms. The van der Waals surface area contributed by atoms with Crippen molar-refractivity contribution >= 4 is 0 Å². The minimum Gasteiger partial charge on any atom is -0.156 e. The fourth-order valence-corrected chi connectivity index (χ4v) is 1.52. The Kier molecular flexibility index (Phi) is 4.57. The Balaban J connectivity index is 2.43. The van der Waals surface area contributed by atoms with E-state index in [2.05, 4.69) is 30.1 Å². The minimum atomic E-state index is 0.551. The Hall–Kier alpha value is -0.920. The van der Waals surface area contributed by atoms with Crippen LogP contribution in [0.4, 0.5) is 0 Å². The molecule has 1 atom stereocenters. The molecule has 78 valence electrons. The van der Waals surface area contributed by atoms with E-state index in [1.165, 1.54) is 25.7 Å². The average Bonchev–Trinajstić information content (AvgIpc) is 2.19. The number of aryl methyl sites for hydroxylation is 1. The predicted octanol–water partition coefficient (Wildman–Crippen LogP) is 3.47. The predicted molar refractivity (Wildman–Crippen MR) is 59.3 cm³/mol. The van der Waals surface area contributed by atoms with Crippen LogP contribution in [0.25, 0.3) is 0 Å². The highest BCUT2D eigenvalue weighted by Crippen LogP contribution is 2.19. The van der Waals surface area contributed by atoms with Crippen LogP contribution in [0, 0.1) is 6.92 Å². The topological polar surface area (TPSA) is 25.8 Å². The SMILES string of the molecule is CCCCCC(C)c1ccc(C)nn1. The molecule has 1 unspecified atom stereocenters. The van der Waals surface area contributed by atoms with E-state index in [0.717, 1.165) is 11.4 Å². The van der Waals surface area contributed by atoms with Crippen molar-refractivity contribution in [3.8, 4) is 0 Å². The summed E-state index contributed by atoms with van der Waals surface area (Å²) in [5, 5.41) is 8.29. The Bertz CT molecular complexity index is 254. The lowest BCUT2D eigenvalue weighted by Crippen LogP contribution is -1.99. The molecule has 14 heavy (non-hydrogen) atoms. The van der Waals surface area contributed by atoms with Gasteiger partial charge < -0.3 is 0 Å².